The minimum absolute atomic E-state index is 0. The summed E-state index contributed by atoms with van der Waals surface area (Å²) in [6.45, 7) is 1.27. The van der Waals surface area contributed by atoms with Crippen molar-refractivity contribution in [3.05, 3.63) is 34.4 Å². The Morgan fingerprint density at radius 3 is 2.21 bits per heavy atom. The van der Waals surface area contributed by atoms with E-state index in [1.165, 1.54) is 31.2 Å². The van der Waals surface area contributed by atoms with Crippen LogP contribution in [0, 0.1) is 10.1 Å². The fourth-order valence-corrected chi connectivity index (χ4v) is 0.802. The van der Waals surface area contributed by atoms with Gasteiger partial charge in [-0.3, -0.25) is 14.9 Å². The van der Waals surface area contributed by atoms with Crippen molar-refractivity contribution in [2.75, 3.05) is 0 Å². The van der Waals surface area contributed by atoms with Gasteiger partial charge in [-0.1, -0.05) is 0 Å². The number of nitro groups is 1. The minimum atomic E-state index is -0.516. The van der Waals surface area contributed by atoms with Crippen LogP contribution < -0.4 is 4.74 Å². The van der Waals surface area contributed by atoms with Gasteiger partial charge in [-0.05, 0) is 12.1 Å². The molecule has 78 valence electrons. The molecule has 0 atom stereocenters. The third kappa shape index (κ3) is 3.69. The van der Waals surface area contributed by atoms with E-state index in [0.717, 1.165) is 0 Å². The molecule has 1 rings (SSSR count). The molecule has 0 bridgehead atoms. The number of nitrogens with zero attached hydrogens (tertiary/aromatic N) is 1. The summed E-state index contributed by atoms with van der Waals surface area (Å²) in [7, 11) is 0. The topological polar surface area (TPSA) is 69.4 Å². The predicted molar refractivity (Wildman–Crippen MR) is 44.4 cm³/mol. The van der Waals surface area contributed by atoms with Crippen LogP contribution >= 0.6 is 0 Å². The van der Waals surface area contributed by atoms with Crippen molar-refractivity contribution in [2.24, 2.45) is 0 Å². The van der Waals surface area contributed by atoms with E-state index in [2.05, 4.69) is 4.74 Å². The Kier molecular flexibility index (Phi) is 5.07. The molecule has 0 unspecified atom stereocenters. The van der Waals surface area contributed by atoms with E-state index in [1.807, 2.05) is 0 Å². The van der Waals surface area contributed by atoms with Crippen LogP contribution in [0.2, 0.25) is 0 Å². The van der Waals surface area contributed by atoms with Crippen molar-refractivity contribution in [2.45, 2.75) is 6.92 Å². The number of hydrogen-bond donors (Lipinski definition) is 0. The molecule has 0 aromatic heterocycles. The van der Waals surface area contributed by atoms with Gasteiger partial charge in [0.1, 0.15) is 5.75 Å². The molecule has 0 saturated carbocycles. The molecule has 0 fully saturated rings. The van der Waals surface area contributed by atoms with Crippen molar-refractivity contribution in [3.63, 3.8) is 0 Å². The zero-order valence-corrected chi connectivity index (χ0v) is 8.67. The zero-order chi connectivity index (χ0) is 9.84. The summed E-state index contributed by atoms with van der Waals surface area (Å²) in [5.41, 5.74) is -0.0316. The fraction of sp³-hybridized carbons (Fsp3) is 0.125. The maximum Gasteiger partial charge on any atom is 1.00 e. The smallest absolute Gasteiger partial charge is 0.427 e. The molecular formula is C8H7AgNO4+. The molecule has 6 heteroatoms. The van der Waals surface area contributed by atoms with Crippen LogP contribution in [-0.2, 0) is 27.2 Å². The molecule has 5 nitrogen and oxygen atoms in total. The van der Waals surface area contributed by atoms with Crippen molar-refractivity contribution in [1.29, 1.82) is 0 Å². The Morgan fingerprint density at radius 1 is 1.36 bits per heavy atom. The standard InChI is InChI=1S/C8H7NO4.Ag/c1-6(10)13-8-4-2-7(3-5-8)9(11)12;/h2-5H,1H3;/q;+1. The van der Waals surface area contributed by atoms with Crippen LogP contribution in [-0.4, -0.2) is 10.9 Å². The number of non-ortho nitro benzene ring substituents is 1. The maximum absolute atomic E-state index is 10.5. The normalized spacial score (nSPS) is 8.64. The predicted octanol–water partition coefficient (Wildman–Crippen LogP) is 1.52. The first-order valence-electron chi connectivity index (χ1n) is 3.52. The maximum atomic E-state index is 10.5. The summed E-state index contributed by atoms with van der Waals surface area (Å²) < 4.78 is 4.69. The number of esters is 1. The van der Waals surface area contributed by atoms with Gasteiger partial charge >= 0.3 is 28.3 Å². The third-order valence-electron chi connectivity index (χ3n) is 1.31. The molecule has 1 aromatic rings. The van der Waals surface area contributed by atoms with E-state index in [1.54, 1.807) is 0 Å². The molecule has 0 amide bonds. The van der Waals surface area contributed by atoms with Gasteiger partial charge in [0.05, 0.1) is 4.92 Å². The SMILES string of the molecule is CC(=O)Oc1ccc([N+](=O)[O-])cc1.[Ag+]. The Bertz CT molecular complexity index is 336. The molecular weight excluding hydrogens is 282 g/mol. The summed E-state index contributed by atoms with van der Waals surface area (Å²) >= 11 is 0. The molecule has 0 heterocycles. The fourth-order valence-electron chi connectivity index (χ4n) is 0.802. The Hall–Kier alpha value is -1.17. The van der Waals surface area contributed by atoms with Crippen molar-refractivity contribution in [3.8, 4) is 5.75 Å². The van der Waals surface area contributed by atoms with Gasteiger partial charge < -0.3 is 4.74 Å². The second kappa shape index (κ2) is 5.54. The number of carbonyl (C=O) groups excluding carboxylic acids is 1. The van der Waals surface area contributed by atoms with Gasteiger partial charge in [0, 0.05) is 19.1 Å². The zero-order valence-electron chi connectivity index (χ0n) is 7.19. The summed E-state index contributed by atoms with van der Waals surface area (Å²) in [5, 5.41) is 10.2. The molecule has 0 saturated heterocycles. The number of ether oxygens (including phenoxy) is 1. The number of carbonyl (C=O) groups is 1. The van der Waals surface area contributed by atoms with Gasteiger partial charge in [0.25, 0.3) is 5.69 Å². The van der Waals surface area contributed by atoms with Crippen LogP contribution in [0.5, 0.6) is 5.75 Å². The summed E-state index contributed by atoms with van der Waals surface area (Å²) in [6, 6.07) is 5.30. The van der Waals surface area contributed by atoms with Crippen molar-refractivity contribution in [1.82, 2.24) is 0 Å². The molecule has 0 spiro atoms. The first kappa shape index (κ1) is 12.8. The Morgan fingerprint density at radius 2 is 1.86 bits per heavy atom. The van der Waals surface area contributed by atoms with Crippen LogP contribution in [0.25, 0.3) is 0 Å². The first-order valence-corrected chi connectivity index (χ1v) is 3.52. The van der Waals surface area contributed by atoms with Crippen LogP contribution in [0.1, 0.15) is 6.92 Å². The van der Waals surface area contributed by atoms with E-state index < -0.39 is 10.9 Å². The third-order valence-corrected chi connectivity index (χ3v) is 1.31. The molecule has 1 aromatic carbocycles. The molecule has 0 aliphatic carbocycles. The van der Waals surface area contributed by atoms with Crippen molar-refractivity contribution < 1.29 is 36.8 Å². The largest absolute Gasteiger partial charge is 1.00 e. The van der Waals surface area contributed by atoms with Gasteiger partial charge in [-0.25, -0.2) is 0 Å². The number of rotatable bonds is 2. The quantitative estimate of drug-likeness (QED) is 0.272. The molecule has 0 N–H and O–H groups in total. The average molecular weight is 289 g/mol. The Labute approximate surface area is 95.7 Å². The van der Waals surface area contributed by atoms with E-state index in [-0.39, 0.29) is 28.1 Å². The van der Waals surface area contributed by atoms with E-state index in [9.17, 15) is 14.9 Å². The van der Waals surface area contributed by atoms with E-state index in [4.69, 9.17) is 0 Å². The molecule has 0 radical (unpaired) electrons. The minimum Gasteiger partial charge on any atom is -0.427 e. The first-order chi connectivity index (χ1) is 6.09. The summed E-state index contributed by atoms with van der Waals surface area (Å²) in [5.74, 6) is -0.146. The van der Waals surface area contributed by atoms with Gasteiger partial charge in [0.2, 0.25) is 0 Å². The summed E-state index contributed by atoms with van der Waals surface area (Å²) in [4.78, 5) is 20.2. The number of benzene rings is 1. The molecule has 14 heavy (non-hydrogen) atoms. The molecule has 0 aliphatic rings. The molecule has 0 aliphatic heterocycles. The summed E-state index contributed by atoms with van der Waals surface area (Å²) in [6.07, 6.45) is 0. The van der Waals surface area contributed by atoms with Gasteiger partial charge in [-0.15, -0.1) is 0 Å². The second-order valence-corrected chi connectivity index (χ2v) is 2.34. The van der Waals surface area contributed by atoms with Crippen LogP contribution in [0.4, 0.5) is 5.69 Å². The monoisotopic (exact) mass is 288 g/mol. The van der Waals surface area contributed by atoms with E-state index >= 15 is 0 Å². The van der Waals surface area contributed by atoms with Crippen LogP contribution in [0.15, 0.2) is 24.3 Å². The second-order valence-electron chi connectivity index (χ2n) is 2.34. The Balaban J connectivity index is 0.00000169. The van der Waals surface area contributed by atoms with Crippen LogP contribution in [0.3, 0.4) is 0 Å². The average Bonchev–Trinajstić information content (AvgIpc) is 2.04. The number of nitro benzene ring substituents is 1. The van der Waals surface area contributed by atoms with Gasteiger partial charge in [-0.2, -0.15) is 0 Å². The van der Waals surface area contributed by atoms with Crippen molar-refractivity contribution >= 4 is 11.7 Å². The van der Waals surface area contributed by atoms with E-state index in [0.29, 0.717) is 5.75 Å². The number of hydrogen-bond acceptors (Lipinski definition) is 4. The van der Waals surface area contributed by atoms with Gasteiger partial charge in [0.15, 0.2) is 0 Å².